The molecule has 45 heavy (non-hydrogen) atoms. The fourth-order valence-corrected chi connectivity index (χ4v) is 5.20. The maximum absolute atomic E-state index is 13.2. The number of carbonyl (C=O) groups is 4. The van der Waals surface area contributed by atoms with Gasteiger partial charge in [-0.2, -0.15) is 0 Å². The average Bonchev–Trinajstić information content (AvgIpc) is 2.81. The molecule has 0 aromatic rings. The van der Waals surface area contributed by atoms with Gasteiger partial charge in [-0.05, 0) is 85.0 Å². The van der Waals surface area contributed by atoms with Crippen LogP contribution in [0.15, 0.2) is 0 Å². The van der Waals surface area contributed by atoms with Gasteiger partial charge in [-0.15, -0.1) is 0 Å². The van der Waals surface area contributed by atoms with Gasteiger partial charge in [-0.1, -0.05) is 48.5 Å². The molecule has 0 saturated carbocycles. The van der Waals surface area contributed by atoms with Crippen LogP contribution in [0.3, 0.4) is 0 Å². The van der Waals surface area contributed by atoms with Crippen molar-refractivity contribution in [2.24, 2.45) is 27.5 Å². The van der Waals surface area contributed by atoms with Crippen LogP contribution in [0.5, 0.6) is 0 Å². The van der Waals surface area contributed by atoms with Crippen molar-refractivity contribution in [1.82, 2.24) is 5.01 Å². The summed E-state index contributed by atoms with van der Waals surface area (Å²) in [5.41, 5.74) is -3.97. The molecule has 0 aromatic heterocycles. The minimum Gasteiger partial charge on any atom is -0.461 e. The van der Waals surface area contributed by atoms with Crippen molar-refractivity contribution in [1.29, 1.82) is 0 Å². The Bertz CT molecular complexity index is 989. The first kappa shape index (κ1) is 42.9. The summed E-state index contributed by atoms with van der Waals surface area (Å²) in [7, 11) is 0. The number of carbonyl (C=O) groups excluding carboxylic acids is 4. The van der Waals surface area contributed by atoms with E-state index in [1.807, 2.05) is 48.5 Å². The second-order valence-electron chi connectivity index (χ2n) is 16.8. The number of hydrazine groups is 1. The lowest BCUT2D eigenvalue weighted by Gasteiger charge is -2.33. The van der Waals surface area contributed by atoms with Gasteiger partial charge in [-0.25, -0.2) is 5.01 Å². The number of Topliss-reactive ketones (excluding diaryl/α,β-unsaturated/α-hetero) is 1. The third kappa shape index (κ3) is 18.0. The summed E-state index contributed by atoms with van der Waals surface area (Å²) in [5, 5.41) is 11.2. The van der Waals surface area contributed by atoms with E-state index >= 15 is 0 Å². The summed E-state index contributed by atoms with van der Waals surface area (Å²) >= 11 is 0. The topological polar surface area (TPSA) is 155 Å². The summed E-state index contributed by atoms with van der Waals surface area (Å²) in [6.45, 7) is 24.9. The average molecular weight is 645 g/mol. The summed E-state index contributed by atoms with van der Waals surface area (Å²) in [4.78, 5) is 51.6. The summed E-state index contributed by atoms with van der Waals surface area (Å²) < 4.78 is 22.4. The second kappa shape index (κ2) is 16.7. The highest BCUT2D eigenvalue weighted by molar-refractivity contribution is 5.88. The van der Waals surface area contributed by atoms with Gasteiger partial charge >= 0.3 is 17.9 Å². The van der Waals surface area contributed by atoms with Crippen LogP contribution in [0.2, 0.25) is 0 Å². The zero-order chi connectivity index (χ0) is 35.7. The minimum absolute atomic E-state index is 0.117. The van der Waals surface area contributed by atoms with E-state index in [2.05, 4.69) is 0 Å². The molecule has 0 saturated heterocycles. The van der Waals surface area contributed by atoms with Crippen LogP contribution in [0, 0.1) is 21.7 Å². The fraction of sp³-hybridized carbons (Fsp3) is 0.882. The number of hydrogen-bond acceptors (Lipinski definition) is 11. The van der Waals surface area contributed by atoms with E-state index in [9.17, 15) is 24.3 Å². The monoisotopic (exact) mass is 644 g/mol. The molecule has 0 radical (unpaired) electrons. The molecule has 0 rings (SSSR count). The first-order chi connectivity index (χ1) is 20.0. The van der Waals surface area contributed by atoms with Gasteiger partial charge in [0.1, 0.15) is 25.4 Å². The second-order valence-corrected chi connectivity index (χ2v) is 16.8. The Balaban J connectivity index is 5.38. The van der Waals surface area contributed by atoms with E-state index in [1.165, 1.54) is 0 Å². The van der Waals surface area contributed by atoms with Crippen LogP contribution in [0.4, 0.5) is 0 Å². The van der Waals surface area contributed by atoms with Gasteiger partial charge in [-0.3, -0.25) is 25.0 Å². The van der Waals surface area contributed by atoms with Crippen molar-refractivity contribution >= 4 is 23.7 Å². The van der Waals surface area contributed by atoms with Crippen molar-refractivity contribution in [3.63, 3.8) is 0 Å². The zero-order valence-corrected chi connectivity index (χ0v) is 30.7. The molecule has 0 heterocycles. The summed E-state index contributed by atoms with van der Waals surface area (Å²) in [6, 6.07) is 0. The molecule has 0 aromatic carbocycles. The highest BCUT2D eigenvalue weighted by Crippen LogP contribution is 2.35. The molecule has 0 aliphatic rings. The van der Waals surface area contributed by atoms with Crippen LogP contribution < -0.4 is 5.84 Å². The van der Waals surface area contributed by atoms with E-state index in [0.717, 1.165) is 5.01 Å². The lowest BCUT2D eigenvalue weighted by Crippen LogP contribution is -2.48. The van der Waals surface area contributed by atoms with Gasteiger partial charge in [0, 0.05) is 0 Å². The van der Waals surface area contributed by atoms with Crippen molar-refractivity contribution in [2.75, 3.05) is 32.9 Å². The van der Waals surface area contributed by atoms with E-state index in [-0.39, 0.29) is 43.0 Å². The third-order valence-electron chi connectivity index (χ3n) is 7.37. The molecular weight excluding hydrogens is 580 g/mol. The number of rotatable bonds is 19. The zero-order valence-electron chi connectivity index (χ0n) is 30.7. The molecule has 3 N–H and O–H groups in total. The third-order valence-corrected chi connectivity index (χ3v) is 7.37. The van der Waals surface area contributed by atoms with Crippen LogP contribution >= 0.6 is 0 Å². The molecule has 2 unspecified atom stereocenters. The Morgan fingerprint density at radius 1 is 0.733 bits per heavy atom. The number of hydrogen-bond donors (Lipinski definition) is 2. The Kier molecular flexibility index (Phi) is 15.9. The highest BCUT2D eigenvalue weighted by Gasteiger charge is 2.38. The summed E-state index contributed by atoms with van der Waals surface area (Å²) in [6.07, 6.45) is 0.980. The van der Waals surface area contributed by atoms with Crippen molar-refractivity contribution in [3.05, 3.63) is 0 Å². The van der Waals surface area contributed by atoms with Crippen molar-refractivity contribution in [2.45, 2.75) is 140 Å². The molecule has 2 atom stereocenters. The van der Waals surface area contributed by atoms with E-state index in [4.69, 9.17) is 24.8 Å². The molecule has 264 valence electrons. The van der Waals surface area contributed by atoms with E-state index in [1.54, 1.807) is 48.5 Å². The SMILES string of the molecule is CCC(C)(O)CCOC(C)(C)C(=O)CN(N)CC(=O)OCC(COC(=O)C(C)(C)CC(C)(C)C)OC(=O)C(C)(C)CC(C)(C)C. The quantitative estimate of drug-likeness (QED) is 0.0845. The molecular formula is C34H64N2O9. The Hall–Kier alpha value is -2.08. The van der Waals surface area contributed by atoms with Crippen molar-refractivity contribution < 1.29 is 43.2 Å². The van der Waals surface area contributed by atoms with Crippen LogP contribution in [-0.2, 0) is 38.1 Å². The Morgan fingerprint density at radius 3 is 1.67 bits per heavy atom. The van der Waals surface area contributed by atoms with Crippen LogP contribution in [-0.4, -0.2) is 84.0 Å². The molecule has 11 heteroatoms. The maximum Gasteiger partial charge on any atom is 0.321 e. The number of ether oxygens (including phenoxy) is 4. The first-order valence-electron chi connectivity index (χ1n) is 16.0. The number of nitrogens with zero attached hydrogens (tertiary/aromatic N) is 1. The van der Waals surface area contributed by atoms with Crippen LogP contribution in [0.1, 0.15) is 123 Å². The predicted molar refractivity (Wildman–Crippen MR) is 174 cm³/mol. The standard InChI is InChI=1S/C34H64N2O9/c1-15-34(14,41)16-17-44-33(12,13)25(37)18-36(35)19-26(38)42-20-24(45-28(40)32(10,11)23-30(5,6)7)21-43-27(39)31(8,9)22-29(2,3)4/h24,41H,15-23,35H2,1-14H3. The number of aliphatic hydroxyl groups is 1. The van der Waals surface area contributed by atoms with Gasteiger partial charge in [0.25, 0.3) is 0 Å². The predicted octanol–water partition coefficient (Wildman–Crippen LogP) is 5.00. The molecule has 11 nitrogen and oxygen atoms in total. The normalized spacial score (nSPS) is 15.3. The maximum atomic E-state index is 13.2. The van der Waals surface area contributed by atoms with E-state index in [0.29, 0.717) is 25.7 Å². The minimum atomic E-state index is -1.19. The molecule has 0 aliphatic carbocycles. The molecule has 0 amide bonds. The highest BCUT2D eigenvalue weighted by atomic mass is 16.6. The van der Waals surface area contributed by atoms with Crippen LogP contribution in [0.25, 0.3) is 0 Å². The van der Waals surface area contributed by atoms with Gasteiger partial charge in [0.05, 0.1) is 29.6 Å². The number of ketones is 1. The largest absolute Gasteiger partial charge is 0.461 e. The number of nitrogens with two attached hydrogens (primary N) is 1. The van der Waals surface area contributed by atoms with Gasteiger partial charge in [0.2, 0.25) is 0 Å². The Labute approximate surface area is 272 Å². The molecule has 0 spiro atoms. The molecule has 0 aliphatic heterocycles. The van der Waals surface area contributed by atoms with E-state index < -0.39 is 52.6 Å². The summed E-state index contributed by atoms with van der Waals surface area (Å²) in [5.74, 6) is 3.89. The molecule has 0 fully saturated rings. The lowest BCUT2D eigenvalue weighted by molar-refractivity contribution is -0.177. The fourth-order valence-electron chi connectivity index (χ4n) is 5.20. The van der Waals surface area contributed by atoms with Gasteiger partial charge in [0.15, 0.2) is 11.9 Å². The molecule has 0 bridgehead atoms. The number of esters is 3. The van der Waals surface area contributed by atoms with Gasteiger partial charge < -0.3 is 24.1 Å². The smallest absolute Gasteiger partial charge is 0.321 e. The lowest BCUT2D eigenvalue weighted by atomic mass is 9.76. The Morgan fingerprint density at radius 2 is 1.20 bits per heavy atom. The first-order valence-corrected chi connectivity index (χ1v) is 16.0. The van der Waals surface area contributed by atoms with Crippen molar-refractivity contribution in [3.8, 4) is 0 Å².